The van der Waals surface area contributed by atoms with Crippen LogP contribution in [0, 0.1) is 0 Å². The Bertz CT molecular complexity index is 723. The van der Waals surface area contributed by atoms with Crippen molar-refractivity contribution < 1.29 is 14.7 Å². The van der Waals surface area contributed by atoms with Gasteiger partial charge in [-0.2, -0.15) is 0 Å². The van der Waals surface area contributed by atoms with Gasteiger partial charge in [0.05, 0.1) is 16.1 Å². The van der Waals surface area contributed by atoms with Crippen molar-refractivity contribution in [2.45, 2.75) is 6.04 Å². The van der Waals surface area contributed by atoms with E-state index in [-0.39, 0.29) is 11.4 Å². The number of ketones is 1. The minimum Gasteiger partial charge on any atom is -0.503 e. The van der Waals surface area contributed by atoms with Crippen molar-refractivity contribution in [1.82, 2.24) is 9.88 Å². The van der Waals surface area contributed by atoms with E-state index >= 15 is 0 Å². The van der Waals surface area contributed by atoms with E-state index in [9.17, 15) is 14.7 Å². The van der Waals surface area contributed by atoms with Crippen molar-refractivity contribution in [3.05, 3.63) is 63.8 Å². The summed E-state index contributed by atoms with van der Waals surface area (Å²) in [4.78, 5) is 30.6. The van der Waals surface area contributed by atoms with Crippen LogP contribution in [0.25, 0.3) is 0 Å². The summed E-state index contributed by atoms with van der Waals surface area (Å²) in [5.41, 5.74) is 0.640. The zero-order valence-electron chi connectivity index (χ0n) is 11.2. The average Bonchev–Trinajstić information content (AvgIpc) is 3.11. The third-order valence-corrected chi connectivity index (χ3v) is 4.26. The van der Waals surface area contributed by atoms with Crippen molar-refractivity contribution in [3.8, 4) is 0 Å². The summed E-state index contributed by atoms with van der Waals surface area (Å²) >= 11 is 1.27. The quantitative estimate of drug-likeness (QED) is 0.883. The number of amides is 1. The molecule has 1 amide bonds. The molecule has 0 saturated heterocycles. The first-order chi connectivity index (χ1) is 10.1. The first kappa shape index (κ1) is 13.5. The highest BCUT2D eigenvalue weighted by molar-refractivity contribution is 7.12. The maximum Gasteiger partial charge on any atom is 0.289 e. The molecule has 106 valence electrons. The summed E-state index contributed by atoms with van der Waals surface area (Å²) in [7, 11) is 1.55. The molecule has 1 aliphatic rings. The molecule has 0 aromatic carbocycles. The number of hydrogen-bond donors (Lipinski definition) is 1. The lowest BCUT2D eigenvalue weighted by Gasteiger charge is -2.21. The second kappa shape index (κ2) is 5.14. The minimum atomic E-state index is -0.659. The second-order valence-corrected chi connectivity index (χ2v) is 5.59. The van der Waals surface area contributed by atoms with Gasteiger partial charge >= 0.3 is 0 Å². The topological polar surface area (TPSA) is 70.5 Å². The molecule has 21 heavy (non-hydrogen) atoms. The van der Waals surface area contributed by atoms with Crippen LogP contribution in [0.1, 0.15) is 21.4 Å². The molecule has 2 aromatic rings. The normalized spacial score (nSPS) is 18.4. The van der Waals surface area contributed by atoms with Gasteiger partial charge in [-0.3, -0.25) is 14.6 Å². The number of likely N-dealkylation sites (N-methyl/N-ethyl adjacent to an activating group) is 1. The molecule has 0 fully saturated rings. The average molecular weight is 300 g/mol. The summed E-state index contributed by atoms with van der Waals surface area (Å²) < 4.78 is 0. The van der Waals surface area contributed by atoms with Gasteiger partial charge in [0.1, 0.15) is 6.04 Å². The van der Waals surface area contributed by atoms with Gasteiger partial charge in [-0.25, -0.2) is 0 Å². The Balaban J connectivity index is 2.10. The molecule has 0 aliphatic carbocycles. The number of hydrogen-bond acceptors (Lipinski definition) is 5. The lowest BCUT2D eigenvalue weighted by molar-refractivity contribution is -0.128. The molecule has 0 bridgehead atoms. The van der Waals surface area contributed by atoms with Crippen molar-refractivity contribution >= 4 is 23.0 Å². The number of aliphatic hydroxyl groups excluding tert-OH is 1. The van der Waals surface area contributed by atoms with Crippen molar-refractivity contribution in [3.63, 3.8) is 0 Å². The highest BCUT2D eigenvalue weighted by Gasteiger charge is 2.42. The smallest absolute Gasteiger partial charge is 0.289 e. The zero-order chi connectivity index (χ0) is 15.0. The monoisotopic (exact) mass is 300 g/mol. The molecule has 3 heterocycles. The predicted octanol–water partition coefficient (Wildman–Crippen LogP) is 2.35. The summed E-state index contributed by atoms with van der Waals surface area (Å²) in [6, 6.07) is 8.04. The van der Waals surface area contributed by atoms with Gasteiger partial charge in [-0.15, -0.1) is 11.3 Å². The molecule has 2 aromatic heterocycles. The lowest BCUT2D eigenvalue weighted by atomic mass is 9.99. The van der Waals surface area contributed by atoms with E-state index in [1.165, 1.54) is 16.2 Å². The van der Waals surface area contributed by atoms with E-state index in [0.717, 1.165) is 0 Å². The van der Waals surface area contributed by atoms with Crippen molar-refractivity contribution in [2.75, 3.05) is 7.05 Å². The maximum atomic E-state index is 12.6. The van der Waals surface area contributed by atoms with E-state index in [1.807, 2.05) is 0 Å². The number of aliphatic hydroxyl groups is 1. The van der Waals surface area contributed by atoms with Crippen LogP contribution >= 0.6 is 11.3 Å². The minimum absolute atomic E-state index is 0.0867. The number of thiophene rings is 1. The van der Waals surface area contributed by atoms with Gasteiger partial charge in [-0.1, -0.05) is 12.1 Å². The number of carbonyl (C=O) groups excluding carboxylic acids is 2. The first-order valence-corrected chi connectivity index (χ1v) is 7.18. The molecule has 6 heteroatoms. The highest BCUT2D eigenvalue weighted by atomic mass is 32.1. The Kier molecular flexibility index (Phi) is 3.31. The Hall–Kier alpha value is -2.47. The van der Waals surface area contributed by atoms with Gasteiger partial charge in [0.15, 0.2) is 5.76 Å². The molecule has 1 N–H and O–H groups in total. The molecular weight excluding hydrogens is 288 g/mol. The van der Waals surface area contributed by atoms with Crippen LogP contribution in [0.15, 0.2) is 53.2 Å². The van der Waals surface area contributed by atoms with Gasteiger partial charge in [0.2, 0.25) is 5.78 Å². The third-order valence-electron chi connectivity index (χ3n) is 3.40. The van der Waals surface area contributed by atoms with E-state index < -0.39 is 17.7 Å². The molecule has 1 unspecified atom stereocenters. The number of Topliss-reactive ketones (excluding diaryl/α,β-unsaturated/α-hetero) is 1. The predicted molar refractivity (Wildman–Crippen MR) is 78.1 cm³/mol. The largest absolute Gasteiger partial charge is 0.503 e. The van der Waals surface area contributed by atoms with Crippen LogP contribution in [-0.2, 0) is 4.79 Å². The van der Waals surface area contributed by atoms with E-state index in [1.54, 1.807) is 49.0 Å². The van der Waals surface area contributed by atoms with Gasteiger partial charge in [0, 0.05) is 13.2 Å². The van der Waals surface area contributed by atoms with Crippen molar-refractivity contribution in [1.29, 1.82) is 0 Å². The van der Waals surface area contributed by atoms with E-state index in [2.05, 4.69) is 4.98 Å². The van der Waals surface area contributed by atoms with Crippen LogP contribution in [0.4, 0.5) is 0 Å². The molecule has 3 rings (SSSR count). The number of pyridine rings is 1. The van der Waals surface area contributed by atoms with E-state index in [4.69, 9.17) is 0 Å². The zero-order valence-corrected chi connectivity index (χ0v) is 12.0. The number of carbonyl (C=O) groups is 2. The molecule has 5 nitrogen and oxygen atoms in total. The van der Waals surface area contributed by atoms with Gasteiger partial charge < -0.3 is 10.0 Å². The fourth-order valence-electron chi connectivity index (χ4n) is 2.38. The maximum absolute atomic E-state index is 12.6. The Morgan fingerprint density at radius 2 is 2.14 bits per heavy atom. The molecule has 0 radical (unpaired) electrons. The van der Waals surface area contributed by atoms with Crippen LogP contribution in [-0.4, -0.2) is 33.7 Å². The number of nitrogens with zero attached hydrogens (tertiary/aromatic N) is 2. The first-order valence-electron chi connectivity index (χ1n) is 6.30. The van der Waals surface area contributed by atoms with E-state index in [0.29, 0.717) is 10.6 Å². The highest BCUT2D eigenvalue weighted by Crippen LogP contribution is 2.37. The summed E-state index contributed by atoms with van der Waals surface area (Å²) in [6.45, 7) is 0. The number of rotatable bonds is 3. The SMILES string of the molecule is CN1C(=O)C(O)=C(C(=O)c2cccs2)C1c1ccccn1. The van der Waals surface area contributed by atoms with Crippen LogP contribution in [0.2, 0.25) is 0 Å². The Morgan fingerprint density at radius 3 is 2.76 bits per heavy atom. The fraction of sp³-hybridized carbons (Fsp3) is 0.133. The Labute approximate surface area is 125 Å². The summed E-state index contributed by atoms with van der Waals surface area (Å²) in [5, 5.41) is 11.9. The van der Waals surface area contributed by atoms with Crippen LogP contribution in [0.3, 0.4) is 0 Å². The summed E-state index contributed by atoms with van der Waals surface area (Å²) in [5.74, 6) is -1.40. The fourth-order valence-corrected chi connectivity index (χ4v) is 3.06. The van der Waals surface area contributed by atoms with Crippen LogP contribution < -0.4 is 0 Å². The standard InChI is InChI=1S/C15H12N2O3S/c1-17-12(9-5-2-3-7-16-9)11(14(19)15(17)20)13(18)10-6-4-8-21-10/h2-8,12,19H,1H3. The summed E-state index contributed by atoms with van der Waals surface area (Å²) in [6.07, 6.45) is 1.59. The second-order valence-electron chi connectivity index (χ2n) is 4.64. The Morgan fingerprint density at radius 1 is 1.33 bits per heavy atom. The lowest BCUT2D eigenvalue weighted by Crippen LogP contribution is -2.27. The van der Waals surface area contributed by atoms with Crippen molar-refractivity contribution in [2.24, 2.45) is 0 Å². The van der Waals surface area contributed by atoms with Gasteiger partial charge in [0.25, 0.3) is 5.91 Å². The van der Waals surface area contributed by atoms with Crippen LogP contribution in [0.5, 0.6) is 0 Å². The molecular formula is C15H12N2O3S. The molecule has 0 spiro atoms. The molecule has 1 aliphatic heterocycles. The molecule has 0 saturated carbocycles. The molecule has 1 atom stereocenters. The third kappa shape index (κ3) is 2.13. The van der Waals surface area contributed by atoms with Gasteiger partial charge in [-0.05, 0) is 23.6 Å². The number of aromatic nitrogens is 1.